The van der Waals surface area contributed by atoms with Gasteiger partial charge >= 0.3 is 24.3 Å². The zero-order valence-corrected chi connectivity index (χ0v) is 17.4. The first-order valence-corrected chi connectivity index (χ1v) is 10.4. The summed E-state index contributed by atoms with van der Waals surface area (Å²) in [4.78, 5) is 24.2. The van der Waals surface area contributed by atoms with Gasteiger partial charge in [0.2, 0.25) is 0 Å². The number of hydrogen-bond acceptors (Lipinski definition) is 4. The number of carbonyl (C=O) groups excluding carboxylic acids is 2. The molecule has 2 saturated carbocycles. The van der Waals surface area contributed by atoms with E-state index in [1.165, 1.54) is 6.92 Å². The summed E-state index contributed by atoms with van der Waals surface area (Å²) in [5.74, 6) is -4.34. The minimum absolute atomic E-state index is 0.111. The zero-order chi connectivity index (χ0) is 23.4. The smallest absolute Gasteiger partial charge is 0.400 e. The highest BCUT2D eigenvalue weighted by Crippen LogP contribution is 2.48. The largest absolute Gasteiger partial charge is 0.466 e. The Morgan fingerprint density at radius 1 is 1.06 bits per heavy atom. The molecule has 2 fully saturated rings. The van der Waals surface area contributed by atoms with Gasteiger partial charge in [0.25, 0.3) is 0 Å². The van der Waals surface area contributed by atoms with Crippen LogP contribution in [-0.4, -0.2) is 36.5 Å². The Morgan fingerprint density at radius 3 is 2.10 bits per heavy atom. The third-order valence-corrected chi connectivity index (χ3v) is 6.11. The zero-order valence-electron chi connectivity index (χ0n) is 17.4. The van der Waals surface area contributed by atoms with Gasteiger partial charge in [-0.05, 0) is 44.4 Å². The Hall–Kier alpha value is -1.74. The number of rotatable bonds is 8. The average Bonchev–Trinajstić information content (AvgIpc) is 2.61. The van der Waals surface area contributed by atoms with Crippen molar-refractivity contribution in [1.29, 1.82) is 0 Å². The first kappa shape index (κ1) is 25.5. The molecule has 2 unspecified atom stereocenters. The van der Waals surface area contributed by atoms with Gasteiger partial charge < -0.3 is 9.47 Å². The second-order valence-corrected chi connectivity index (χ2v) is 8.80. The van der Waals surface area contributed by atoms with E-state index in [-0.39, 0.29) is 18.4 Å². The molecule has 178 valence electrons. The Kier molecular flexibility index (Phi) is 8.08. The lowest BCUT2D eigenvalue weighted by molar-refractivity contribution is -0.287. The average molecular weight is 458 g/mol. The van der Waals surface area contributed by atoms with Crippen LogP contribution in [0.25, 0.3) is 0 Å². The first-order chi connectivity index (χ1) is 14.2. The molecule has 2 rings (SSSR count). The minimum Gasteiger partial charge on any atom is -0.466 e. The van der Waals surface area contributed by atoms with Gasteiger partial charge in [0.15, 0.2) is 5.92 Å². The molecular formula is C21H28F6O4. The van der Waals surface area contributed by atoms with Gasteiger partial charge in [0, 0.05) is 18.4 Å². The maximum atomic E-state index is 12.6. The number of carbonyl (C=O) groups is 2. The van der Waals surface area contributed by atoms with E-state index in [1.807, 2.05) is 0 Å². The lowest BCUT2D eigenvalue weighted by Gasteiger charge is -2.46. The quantitative estimate of drug-likeness (QED) is 0.258. The van der Waals surface area contributed by atoms with E-state index >= 15 is 0 Å². The third kappa shape index (κ3) is 7.42. The van der Waals surface area contributed by atoms with Crippen LogP contribution < -0.4 is 0 Å². The summed E-state index contributed by atoms with van der Waals surface area (Å²) in [5.41, 5.74) is -0.688. The van der Waals surface area contributed by atoms with Crippen LogP contribution in [0.5, 0.6) is 0 Å². The first-order valence-electron chi connectivity index (χ1n) is 10.4. The number of hydrogen-bond donors (Lipinski definition) is 0. The van der Waals surface area contributed by atoms with Crippen LogP contribution in [0.1, 0.15) is 64.7 Å². The molecule has 2 aliphatic rings. The maximum Gasteiger partial charge on any atom is 0.400 e. The molecule has 0 spiro atoms. The fourth-order valence-electron chi connectivity index (χ4n) is 4.74. The highest BCUT2D eigenvalue weighted by atomic mass is 19.4. The van der Waals surface area contributed by atoms with Gasteiger partial charge in [-0.25, -0.2) is 4.79 Å². The van der Waals surface area contributed by atoms with Crippen LogP contribution in [0.2, 0.25) is 0 Å². The molecule has 0 aromatic rings. The van der Waals surface area contributed by atoms with Gasteiger partial charge in [-0.2, -0.15) is 26.3 Å². The Bertz CT molecular complexity index is 644. The van der Waals surface area contributed by atoms with Crippen molar-refractivity contribution in [3.63, 3.8) is 0 Å². The number of alkyl halides is 6. The summed E-state index contributed by atoms with van der Waals surface area (Å²) in [6, 6.07) is 0. The molecule has 0 aliphatic heterocycles. The Morgan fingerprint density at radius 2 is 1.61 bits per heavy atom. The van der Waals surface area contributed by atoms with Crippen LogP contribution in [0.3, 0.4) is 0 Å². The molecule has 0 aromatic heterocycles. The lowest BCUT2D eigenvalue weighted by Crippen LogP contribution is -2.45. The van der Waals surface area contributed by atoms with E-state index < -0.39 is 48.8 Å². The molecule has 31 heavy (non-hydrogen) atoms. The van der Waals surface area contributed by atoms with Gasteiger partial charge in [-0.1, -0.05) is 25.8 Å². The van der Waals surface area contributed by atoms with Crippen molar-refractivity contribution in [3.8, 4) is 0 Å². The van der Waals surface area contributed by atoms with Gasteiger partial charge in [-0.15, -0.1) is 0 Å². The van der Waals surface area contributed by atoms with Crippen molar-refractivity contribution in [2.75, 3.05) is 6.61 Å². The van der Waals surface area contributed by atoms with Crippen LogP contribution in [0, 0.1) is 17.8 Å². The van der Waals surface area contributed by atoms with Crippen molar-refractivity contribution in [2.45, 2.75) is 82.7 Å². The molecule has 0 N–H and O–H groups in total. The molecule has 2 atom stereocenters. The van der Waals surface area contributed by atoms with Crippen molar-refractivity contribution in [2.24, 2.45) is 17.8 Å². The topological polar surface area (TPSA) is 52.6 Å². The molecule has 4 nitrogen and oxygen atoms in total. The molecule has 0 heterocycles. The molecule has 0 radical (unpaired) electrons. The molecule has 0 saturated heterocycles. The van der Waals surface area contributed by atoms with Gasteiger partial charge in [0.05, 0.1) is 6.61 Å². The van der Waals surface area contributed by atoms with E-state index in [0.717, 1.165) is 25.7 Å². The van der Waals surface area contributed by atoms with Crippen molar-refractivity contribution >= 4 is 11.9 Å². The Balaban J connectivity index is 1.94. The SMILES string of the molecule is C=C(C)C(=O)OC1(CCC(=O)OCCC(C(F)(F)F)C(F)(F)F)CC2CCCC(C2)C1. The normalized spacial score (nSPS) is 26.5. The second-order valence-electron chi connectivity index (χ2n) is 8.80. The van der Waals surface area contributed by atoms with E-state index in [2.05, 4.69) is 11.3 Å². The van der Waals surface area contributed by atoms with Crippen LogP contribution in [-0.2, 0) is 19.1 Å². The third-order valence-electron chi connectivity index (χ3n) is 6.11. The second kappa shape index (κ2) is 9.81. The van der Waals surface area contributed by atoms with Crippen LogP contribution >= 0.6 is 0 Å². The highest BCUT2D eigenvalue weighted by Gasteiger charge is 2.56. The van der Waals surface area contributed by atoms with Crippen molar-refractivity contribution in [1.82, 2.24) is 0 Å². The van der Waals surface area contributed by atoms with Crippen molar-refractivity contribution < 1.29 is 45.4 Å². The van der Waals surface area contributed by atoms with E-state index in [9.17, 15) is 35.9 Å². The number of halogens is 6. The summed E-state index contributed by atoms with van der Waals surface area (Å²) in [6.07, 6.45) is -7.25. The summed E-state index contributed by atoms with van der Waals surface area (Å²) < 4.78 is 85.8. The predicted molar refractivity (Wildman–Crippen MR) is 98.7 cm³/mol. The molecule has 2 bridgehead atoms. The summed E-state index contributed by atoms with van der Waals surface area (Å²) in [7, 11) is 0. The lowest BCUT2D eigenvalue weighted by atomic mass is 9.65. The van der Waals surface area contributed by atoms with Crippen LogP contribution in [0.15, 0.2) is 12.2 Å². The van der Waals surface area contributed by atoms with E-state index in [1.54, 1.807) is 0 Å². The fourth-order valence-corrected chi connectivity index (χ4v) is 4.74. The molecular weight excluding hydrogens is 430 g/mol. The van der Waals surface area contributed by atoms with E-state index in [4.69, 9.17) is 4.74 Å². The molecule has 10 heteroatoms. The summed E-state index contributed by atoms with van der Waals surface area (Å²) >= 11 is 0. The van der Waals surface area contributed by atoms with Crippen molar-refractivity contribution in [3.05, 3.63) is 12.2 Å². The maximum absolute atomic E-state index is 12.6. The van der Waals surface area contributed by atoms with Gasteiger partial charge in [0.1, 0.15) is 5.60 Å². The number of esters is 2. The highest BCUT2D eigenvalue weighted by molar-refractivity contribution is 5.87. The fraction of sp³-hybridized carbons (Fsp3) is 0.810. The summed E-state index contributed by atoms with van der Waals surface area (Å²) in [6.45, 7) is 4.08. The minimum atomic E-state index is -5.47. The monoisotopic (exact) mass is 458 g/mol. The molecule has 0 aromatic carbocycles. The number of ether oxygens (including phenoxy) is 2. The standard InChI is InChI=1S/C21H28F6O4/c1-13(2)18(29)31-19(11-14-4-3-5-15(10-14)12-19)8-6-17(28)30-9-7-16(20(22,23)24)21(25,26)27/h14-16H,1,3-12H2,2H3. The predicted octanol–water partition coefficient (Wildman–Crippen LogP) is 5.90. The number of fused-ring (bicyclic) bond motifs is 2. The Labute approximate surface area is 177 Å². The molecule has 2 aliphatic carbocycles. The summed E-state index contributed by atoms with van der Waals surface area (Å²) in [5, 5.41) is 0. The van der Waals surface area contributed by atoms with E-state index in [0.29, 0.717) is 24.7 Å². The molecule has 0 amide bonds. The van der Waals surface area contributed by atoms with Crippen LogP contribution in [0.4, 0.5) is 26.3 Å². The van der Waals surface area contributed by atoms with Gasteiger partial charge in [-0.3, -0.25) is 4.79 Å².